The summed E-state index contributed by atoms with van der Waals surface area (Å²) in [5.74, 6) is 0.197. The van der Waals surface area contributed by atoms with Gasteiger partial charge in [0.05, 0.1) is 0 Å². The molecule has 1 aromatic carbocycles. The molecular weight excluding hydrogens is 198 g/mol. The summed E-state index contributed by atoms with van der Waals surface area (Å²) in [5.41, 5.74) is 7.87. The van der Waals surface area contributed by atoms with Crippen LogP contribution < -0.4 is 5.73 Å². The van der Waals surface area contributed by atoms with Crippen LogP contribution >= 0.6 is 0 Å². The first kappa shape index (κ1) is 11.3. The first-order valence-corrected chi connectivity index (χ1v) is 5.98. The van der Waals surface area contributed by atoms with Crippen molar-refractivity contribution < 1.29 is 4.79 Å². The molecule has 86 valence electrons. The van der Waals surface area contributed by atoms with Crippen molar-refractivity contribution in [2.75, 3.05) is 0 Å². The average Bonchev–Trinajstić information content (AvgIpc) is 2.65. The second kappa shape index (κ2) is 4.38. The molecule has 2 nitrogen and oxygen atoms in total. The number of hydrogen-bond donors (Lipinski definition) is 1. The normalized spacial score (nSPS) is 18.6. The molecule has 2 rings (SSSR count). The molecule has 1 fully saturated rings. The number of benzene rings is 1. The van der Waals surface area contributed by atoms with Crippen LogP contribution in [-0.2, 0) is 0 Å². The van der Waals surface area contributed by atoms with Crippen LogP contribution in [0.5, 0.6) is 0 Å². The third kappa shape index (κ3) is 2.33. The molecular formula is C14H19NO. The Balaban J connectivity index is 2.11. The second-order valence-electron chi connectivity index (χ2n) is 4.98. The highest BCUT2D eigenvalue weighted by atomic mass is 16.1. The topological polar surface area (TPSA) is 43.1 Å². The van der Waals surface area contributed by atoms with Crippen molar-refractivity contribution in [1.82, 2.24) is 0 Å². The zero-order chi connectivity index (χ0) is 11.6. The zero-order valence-electron chi connectivity index (χ0n) is 9.83. The quantitative estimate of drug-likeness (QED) is 0.791. The van der Waals surface area contributed by atoms with E-state index in [1.165, 1.54) is 0 Å². The molecule has 0 amide bonds. The molecule has 0 bridgehead atoms. The van der Waals surface area contributed by atoms with Gasteiger partial charge in [0.15, 0.2) is 5.78 Å². The third-order valence-electron chi connectivity index (χ3n) is 3.56. The summed E-state index contributed by atoms with van der Waals surface area (Å²) < 4.78 is 0. The minimum atomic E-state index is -0.237. The third-order valence-corrected chi connectivity index (χ3v) is 3.56. The van der Waals surface area contributed by atoms with E-state index in [9.17, 15) is 4.79 Å². The molecule has 1 aliphatic rings. The molecule has 0 spiro atoms. The van der Waals surface area contributed by atoms with E-state index in [2.05, 4.69) is 0 Å². The van der Waals surface area contributed by atoms with E-state index in [1.54, 1.807) is 0 Å². The first-order valence-electron chi connectivity index (χ1n) is 5.98. The van der Waals surface area contributed by atoms with Crippen molar-refractivity contribution in [3.63, 3.8) is 0 Å². The van der Waals surface area contributed by atoms with E-state index >= 15 is 0 Å². The summed E-state index contributed by atoms with van der Waals surface area (Å²) >= 11 is 0. The molecule has 2 N–H and O–H groups in total. The Morgan fingerprint density at radius 1 is 1.31 bits per heavy atom. The predicted octanol–water partition coefficient (Wildman–Crippen LogP) is 2.84. The maximum Gasteiger partial charge on any atom is 0.164 e. The molecule has 0 atom stereocenters. The average molecular weight is 217 g/mol. The Hall–Kier alpha value is -1.15. The maximum atomic E-state index is 12.1. The minimum absolute atomic E-state index is 0.197. The van der Waals surface area contributed by atoms with Gasteiger partial charge < -0.3 is 5.73 Å². The molecule has 0 radical (unpaired) electrons. The Bertz CT molecular complexity index is 391. The monoisotopic (exact) mass is 217 g/mol. The molecule has 0 aliphatic heterocycles. The highest BCUT2D eigenvalue weighted by Crippen LogP contribution is 2.31. The highest BCUT2D eigenvalue weighted by Gasteiger charge is 2.32. The number of Topliss-reactive ketones (excluding diaryl/α,β-unsaturated/α-hetero) is 1. The van der Waals surface area contributed by atoms with Gasteiger partial charge in [-0.2, -0.15) is 0 Å². The molecule has 0 saturated heterocycles. The van der Waals surface area contributed by atoms with Crippen molar-refractivity contribution in [3.05, 3.63) is 35.4 Å². The van der Waals surface area contributed by atoms with Gasteiger partial charge in [-0.25, -0.2) is 0 Å². The van der Waals surface area contributed by atoms with Crippen molar-refractivity contribution in [2.45, 2.75) is 44.6 Å². The van der Waals surface area contributed by atoms with E-state index in [-0.39, 0.29) is 11.3 Å². The van der Waals surface area contributed by atoms with Gasteiger partial charge in [0.1, 0.15) is 0 Å². The number of carbonyl (C=O) groups is 1. The fourth-order valence-corrected chi connectivity index (χ4v) is 2.56. The zero-order valence-corrected chi connectivity index (χ0v) is 9.83. The highest BCUT2D eigenvalue weighted by molar-refractivity contribution is 5.98. The fraction of sp³-hybridized carbons (Fsp3) is 0.500. The fourth-order valence-electron chi connectivity index (χ4n) is 2.56. The van der Waals surface area contributed by atoms with E-state index in [0.29, 0.717) is 6.42 Å². The molecule has 1 aromatic rings. The number of nitrogens with two attached hydrogens (primary N) is 1. The number of rotatable bonds is 3. The molecule has 1 aliphatic carbocycles. The largest absolute Gasteiger partial charge is 0.325 e. The Labute approximate surface area is 96.8 Å². The van der Waals surface area contributed by atoms with Crippen LogP contribution in [0.2, 0.25) is 0 Å². The minimum Gasteiger partial charge on any atom is -0.325 e. The van der Waals surface area contributed by atoms with Gasteiger partial charge in [-0.1, -0.05) is 37.1 Å². The Morgan fingerprint density at radius 3 is 2.56 bits per heavy atom. The lowest BCUT2D eigenvalue weighted by molar-refractivity contribution is 0.0952. The Morgan fingerprint density at radius 2 is 1.94 bits per heavy atom. The number of carbonyl (C=O) groups excluding carboxylic acids is 1. The van der Waals surface area contributed by atoms with E-state index in [1.807, 2.05) is 31.2 Å². The van der Waals surface area contributed by atoms with E-state index in [4.69, 9.17) is 5.73 Å². The number of hydrogen-bond acceptors (Lipinski definition) is 2. The van der Waals surface area contributed by atoms with Gasteiger partial charge in [-0.15, -0.1) is 0 Å². The standard InChI is InChI=1S/C14H19NO/c1-11-6-2-3-7-12(11)13(16)10-14(15)8-4-5-9-14/h2-3,6-7H,4-5,8-10,15H2,1H3. The summed E-state index contributed by atoms with van der Waals surface area (Å²) in [6, 6.07) is 7.75. The smallest absolute Gasteiger partial charge is 0.164 e. The second-order valence-corrected chi connectivity index (χ2v) is 4.98. The van der Waals surface area contributed by atoms with Crippen LogP contribution in [0.3, 0.4) is 0 Å². The van der Waals surface area contributed by atoms with Crippen LogP contribution in [0, 0.1) is 6.92 Å². The van der Waals surface area contributed by atoms with Gasteiger partial charge in [0, 0.05) is 17.5 Å². The van der Waals surface area contributed by atoms with Crippen LogP contribution in [0.15, 0.2) is 24.3 Å². The molecule has 2 heteroatoms. The van der Waals surface area contributed by atoms with Crippen molar-refractivity contribution >= 4 is 5.78 Å². The Kier molecular flexibility index (Phi) is 3.10. The lowest BCUT2D eigenvalue weighted by atomic mass is 9.89. The molecule has 0 unspecified atom stereocenters. The van der Waals surface area contributed by atoms with Crippen LogP contribution in [0.1, 0.15) is 48.0 Å². The van der Waals surface area contributed by atoms with Gasteiger partial charge in [0.25, 0.3) is 0 Å². The lowest BCUT2D eigenvalue weighted by Gasteiger charge is -2.22. The van der Waals surface area contributed by atoms with Crippen molar-refractivity contribution in [2.24, 2.45) is 5.73 Å². The van der Waals surface area contributed by atoms with Crippen molar-refractivity contribution in [3.8, 4) is 0 Å². The van der Waals surface area contributed by atoms with Gasteiger partial charge in [-0.3, -0.25) is 4.79 Å². The van der Waals surface area contributed by atoms with Gasteiger partial charge in [0.2, 0.25) is 0 Å². The van der Waals surface area contributed by atoms with E-state index in [0.717, 1.165) is 36.8 Å². The van der Waals surface area contributed by atoms with Gasteiger partial charge >= 0.3 is 0 Å². The molecule has 1 saturated carbocycles. The van der Waals surface area contributed by atoms with Crippen LogP contribution in [-0.4, -0.2) is 11.3 Å². The molecule has 0 heterocycles. The maximum absolute atomic E-state index is 12.1. The van der Waals surface area contributed by atoms with E-state index < -0.39 is 0 Å². The predicted molar refractivity (Wildman–Crippen MR) is 65.5 cm³/mol. The number of aryl methyl sites for hydroxylation is 1. The van der Waals surface area contributed by atoms with Crippen LogP contribution in [0.4, 0.5) is 0 Å². The summed E-state index contributed by atoms with van der Waals surface area (Å²) in [6.45, 7) is 1.98. The SMILES string of the molecule is Cc1ccccc1C(=O)CC1(N)CCCC1. The summed E-state index contributed by atoms with van der Waals surface area (Å²) in [6.07, 6.45) is 4.81. The number of ketones is 1. The summed E-state index contributed by atoms with van der Waals surface area (Å²) in [5, 5.41) is 0. The molecule has 16 heavy (non-hydrogen) atoms. The molecule has 0 aromatic heterocycles. The first-order chi connectivity index (χ1) is 7.61. The summed E-state index contributed by atoms with van der Waals surface area (Å²) in [4.78, 5) is 12.1. The van der Waals surface area contributed by atoms with Gasteiger partial charge in [-0.05, 0) is 25.3 Å². The lowest BCUT2D eigenvalue weighted by Crippen LogP contribution is -2.38. The summed E-state index contributed by atoms with van der Waals surface area (Å²) in [7, 11) is 0. The van der Waals surface area contributed by atoms with Crippen LogP contribution in [0.25, 0.3) is 0 Å². The van der Waals surface area contributed by atoms with Crippen molar-refractivity contribution in [1.29, 1.82) is 0 Å².